The van der Waals surface area contributed by atoms with Gasteiger partial charge in [0.05, 0.1) is 19.1 Å². The minimum Gasteiger partial charge on any atom is -0.469 e. The van der Waals surface area contributed by atoms with Crippen LogP contribution < -0.4 is 0 Å². The maximum Gasteiger partial charge on any atom is 0.312 e. The van der Waals surface area contributed by atoms with Crippen molar-refractivity contribution in [3.8, 4) is 0 Å². The Morgan fingerprint density at radius 3 is 2.88 bits per heavy atom. The molecule has 1 heterocycles. The quantitative estimate of drug-likeness (QED) is 0.528. The van der Waals surface area contributed by atoms with Gasteiger partial charge < -0.3 is 19.5 Å². The third kappa shape index (κ3) is 3.73. The first kappa shape index (κ1) is 13.4. The van der Waals surface area contributed by atoms with Gasteiger partial charge in [0.2, 0.25) is 0 Å². The molecular formula is C11H21NO4. The molecule has 94 valence electrons. The molecule has 0 aromatic heterocycles. The van der Waals surface area contributed by atoms with E-state index in [4.69, 9.17) is 4.74 Å². The molecule has 16 heavy (non-hydrogen) atoms. The molecule has 0 aliphatic carbocycles. The average molecular weight is 231 g/mol. The van der Waals surface area contributed by atoms with Gasteiger partial charge in [0.25, 0.3) is 0 Å². The number of carbonyl (C=O) groups excluding carboxylic acids is 1. The number of esters is 1. The predicted molar refractivity (Wildman–Crippen MR) is 59.1 cm³/mol. The highest BCUT2D eigenvalue weighted by Gasteiger charge is 2.33. The van der Waals surface area contributed by atoms with Gasteiger partial charge in [-0.2, -0.15) is 0 Å². The summed E-state index contributed by atoms with van der Waals surface area (Å²) in [5.41, 5.74) is 0. The molecule has 0 aromatic carbocycles. The average Bonchev–Trinajstić information content (AvgIpc) is 2.30. The van der Waals surface area contributed by atoms with E-state index in [1.165, 1.54) is 7.11 Å². The van der Waals surface area contributed by atoms with Gasteiger partial charge in [-0.15, -0.1) is 0 Å². The number of hydrogen-bond donors (Lipinski definition) is 1. The van der Waals surface area contributed by atoms with Gasteiger partial charge in [-0.3, -0.25) is 4.79 Å². The maximum absolute atomic E-state index is 11.4. The van der Waals surface area contributed by atoms with E-state index in [2.05, 4.69) is 9.64 Å². The lowest BCUT2D eigenvalue weighted by molar-refractivity contribution is -0.152. The van der Waals surface area contributed by atoms with Gasteiger partial charge in [0.15, 0.2) is 0 Å². The van der Waals surface area contributed by atoms with Crippen LogP contribution >= 0.6 is 0 Å². The van der Waals surface area contributed by atoms with Gasteiger partial charge in [-0.1, -0.05) is 0 Å². The summed E-state index contributed by atoms with van der Waals surface area (Å²) in [6.45, 7) is 3.03. The number of methoxy groups -OCH3 is 2. The number of piperidine rings is 1. The summed E-state index contributed by atoms with van der Waals surface area (Å²) in [4.78, 5) is 13.6. The number of likely N-dealkylation sites (tertiary alicyclic amines) is 1. The molecular weight excluding hydrogens is 210 g/mol. The molecule has 0 radical (unpaired) electrons. The Labute approximate surface area is 96.3 Å². The smallest absolute Gasteiger partial charge is 0.312 e. The topological polar surface area (TPSA) is 59.0 Å². The van der Waals surface area contributed by atoms with Crippen molar-refractivity contribution in [1.29, 1.82) is 0 Å². The van der Waals surface area contributed by atoms with Gasteiger partial charge in [0, 0.05) is 33.4 Å². The van der Waals surface area contributed by atoms with Crippen molar-refractivity contribution in [1.82, 2.24) is 4.90 Å². The summed E-state index contributed by atoms with van der Waals surface area (Å²) in [6, 6.07) is 0. The van der Waals surface area contributed by atoms with E-state index in [9.17, 15) is 9.90 Å². The third-order valence-corrected chi connectivity index (χ3v) is 2.99. The fourth-order valence-corrected chi connectivity index (χ4v) is 2.03. The fraction of sp³-hybridized carbons (Fsp3) is 0.909. The second-order valence-corrected chi connectivity index (χ2v) is 4.13. The first-order valence-corrected chi connectivity index (χ1v) is 5.66. The number of carbonyl (C=O) groups is 1. The van der Waals surface area contributed by atoms with E-state index < -0.39 is 12.0 Å². The van der Waals surface area contributed by atoms with E-state index in [-0.39, 0.29) is 5.97 Å². The SMILES string of the molecule is COCCCN1CC[C@H](O)[C@@H](C(=O)OC)C1. The Bertz CT molecular complexity index is 222. The molecule has 1 aliphatic rings. The molecule has 0 spiro atoms. The van der Waals surface area contributed by atoms with Crippen LogP contribution in [0.4, 0.5) is 0 Å². The van der Waals surface area contributed by atoms with Crippen molar-refractivity contribution < 1.29 is 19.4 Å². The molecule has 0 amide bonds. The number of hydrogen-bond acceptors (Lipinski definition) is 5. The number of ether oxygens (including phenoxy) is 2. The zero-order valence-electron chi connectivity index (χ0n) is 10.0. The van der Waals surface area contributed by atoms with Crippen molar-refractivity contribution >= 4 is 5.97 Å². The molecule has 5 nitrogen and oxygen atoms in total. The van der Waals surface area contributed by atoms with Crippen LogP contribution in [0, 0.1) is 5.92 Å². The summed E-state index contributed by atoms with van der Waals surface area (Å²) in [7, 11) is 3.04. The first-order valence-electron chi connectivity index (χ1n) is 5.66. The molecule has 2 atom stereocenters. The lowest BCUT2D eigenvalue weighted by Gasteiger charge is -2.34. The molecule has 0 saturated carbocycles. The van der Waals surface area contributed by atoms with Crippen molar-refractivity contribution in [2.75, 3.05) is 40.5 Å². The molecule has 1 aliphatic heterocycles. The van der Waals surface area contributed by atoms with E-state index in [1.807, 2.05) is 0 Å². The van der Waals surface area contributed by atoms with Crippen LogP contribution in [0.15, 0.2) is 0 Å². The van der Waals surface area contributed by atoms with Crippen molar-refractivity contribution in [3.05, 3.63) is 0 Å². The minimum absolute atomic E-state index is 0.316. The summed E-state index contributed by atoms with van der Waals surface area (Å²) >= 11 is 0. The Morgan fingerprint density at radius 1 is 1.50 bits per heavy atom. The Kier molecular flexibility index (Phi) is 5.73. The molecule has 1 rings (SSSR count). The number of rotatable bonds is 5. The van der Waals surface area contributed by atoms with Crippen LogP contribution in [0.2, 0.25) is 0 Å². The molecule has 1 saturated heterocycles. The second kappa shape index (κ2) is 6.83. The molecule has 1 N–H and O–H groups in total. The van der Waals surface area contributed by atoms with Crippen LogP contribution in [0.5, 0.6) is 0 Å². The van der Waals surface area contributed by atoms with Gasteiger partial charge in [-0.05, 0) is 12.8 Å². The number of nitrogens with zero attached hydrogens (tertiary/aromatic N) is 1. The summed E-state index contributed by atoms with van der Waals surface area (Å²) < 4.78 is 9.67. The highest BCUT2D eigenvalue weighted by molar-refractivity contribution is 5.73. The predicted octanol–water partition coefficient (Wildman–Crippen LogP) is -0.121. The number of aliphatic hydroxyl groups excluding tert-OH is 1. The lowest BCUT2D eigenvalue weighted by Crippen LogP contribution is -2.47. The van der Waals surface area contributed by atoms with Gasteiger partial charge in [0.1, 0.15) is 0 Å². The monoisotopic (exact) mass is 231 g/mol. The van der Waals surface area contributed by atoms with E-state index in [0.717, 1.165) is 26.1 Å². The van der Waals surface area contributed by atoms with Gasteiger partial charge >= 0.3 is 5.97 Å². The van der Waals surface area contributed by atoms with Crippen LogP contribution in [0.3, 0.4) is 0 Å². The highest BCUT2D eigenvalue weighted by Crippen LogP contribution is 2.18. The van der Waals surface area contributed by atoms with E-state index in [0.29, 0.717) is 13.0 Å². The lowest BCUT2D eigenvalue weighted by atomic mass is 9.95. The molecule has 1 fully saturated rings. The summed E-state index contributed by atoms with van der Waals surface area (Å²) in [6.07, 6.45) is 1.01. The first-order chi connectivity index (χ1) is 7.69. The summed E-state index contributed by atoms with van der Waals surface area (Å²) in [5.74, 6) is -0.717. The minimum atomic E-state index is -0.564. The Balaban J connectivity index is 2.38. The van der Waals surface area contributed by atoms with Crippen LogP contribution in [0.25, 0.3) is 0 Å². The van der Waals surface area contributed by atoms with Crippen LogP contribution in [-0.2, 0) is 14.3 Å². The molecule has 0 aromatic rings. The van der Waals surface area contributed by atoms with E-state index in [1.54, 1.807) is 7.11 Å². The highest BCUT2D eigenvalue weighted by atomic mass is 16.5. The third-order valence-electron chi connectivity index (χ3n) is 2.99. The Hall–Kier alpha value is -0.650. The molecule has 5 heteroatoms. The van der Waals surface area contributed by atoms with Gasteiger partial charge in [-0.25, -0.2) is 0 Å². The molecule has 0 unspecified atom stereocenters. The summed E-state index contributed by atoms with van der Waals surface area (Å²) in [5, 5.41) is 9.71. The Morgan fingerprint density at radius 2 is 2.25 bits per heavy atom. The zero-order valence-corrected chi connectivity index (χ0v) is 10.0. The zero-order chi connectivity index (χ0) is 12.0. The maximum atomic E-state index is 11.4. The molecule has 0 bridgehead atoms. The van der Waals surface area contributed by atoms with Crippen LogP contribution in [-0.4, -0.2) is 62.5 Å². The number of aliphatic hydroxyl groups is 1. The van der Waals surface area contributed by atoms with E-state index >= 15 is 0 Å². The van der Waals surface area contributed by atoms with Crippen LogP contribution in [0.1, 0.15) is 12.8 Å². The largest absolute Gasteiger partial charge is 0.469 e. The standard InChI is InChI=1S/C11H21NO4/c1-15-7-3-5-12-6-4-10(13)9(8-12)11(14)16-2/h9-10,13H,3-8H2,1-2H3/t9-,10-/m0/s1. The normalized spacial score (nSPS) is 26.7. The second-order valence-electron chi connectivity index (χ2n) is 4.13. The van der Waals surface area contributed by atoms with Crippen molar-refractivity contribution in [2.24, 2.45) is 5.92 Å². The van der Waals surface area contributed by atoms with Crippen molar-refractivity contribution in [3.63, 3.8) is 0 Å². The van der Waals surface area contributed by atoms with Crippen molar-refractivity contribution in [2.45, 2.75) is 18.9 Å². The fourth-order valence-electron chi connectivity index (χ4n) is 2.03.